The first kappa shape index (κ1) is 17.0. The van der Waals surface area contributed by atoms with E-state index in [4.69, 9.17) is 30.5 Å². The predicted octanol–water partition coefficient (Wildman–Crippen LogP) is 3.28. The van der Waals surface area contributed by atoms with Gasteiger partial charge in [0.2, 0.25) is 6.79 Å². The number of fused-ring (bicyclic) bond motifs is 1. The Morgan fingerprint density at radius 3 is 2.88 bits per heavy atom. The Morgan fingerprint density at radius 1 is 1.20 bits per heavy atom. The van der Waals surface area contributed by atoms with Crippen LogP contribution in [-0.4, -0.2) is 33.1 Å². The molecule has 0 aromatic heterocycles. The molecule has 25 heavy (non-hydrogen) atoms. The van der Waals surface area contributed by atoms with E-state index < -0.39 is 0 Å². The highest BCUT2D eigenvalue weighted by molar-refractivity contribution is 6.31. The molecule has 0 fully saturated rings. The van der Waals surface area contributed by atoms with E-state index in [1.54, 1.807) is 36.4 Å². The largest absolute Gasteiger partial charge is 0.495 e. The van der Waals surface area contributed by atoms with Crippen LogP contribution in [0.5, 0.6) is 23.0 Å². The number of carbonyl (C=O) groups excluding carboxylic acids is 1. The van der Waals surface area contributed by atoms with Gasteiger partial charge in [0, 0.05) is 11.1 Å². The molecule has 8 heteroatoms. The van der Waals surface area contributed by atoms with Gasteiger partial charge in [-0.05, 0) is 30.3 Å². The molecule has 2 aromatic carbocycles. The van der Waals surface area contributed by atoms with Gasteiger partial charge in [-0.3, -0.25) is 0 Å². The number of benzene rings is 2. The fraction of sp³-hybridized carbons (Fsp3) is 0.235. The average Bonchev–Trinajstić information content (AvgIpc) is 3.07. The Labute approximate surface area is 149 Å². The number of rotatable bonds is 6. The number of methoxy groups -OCH3 is 1. The fourth-order valence-corrected chi connectivity index (χ4v) is 2.42. The van der Waals surface area contributed by atoms with Crippen molar-refractivity contribution in [2.45, 2.75) is 0 Å². The maximum absolute atomic E-state index is 11.9. The summed E-state index contributed by atoms with van der Waals surface area (Å²) in [5.41, 5.74) is 0.490. The van der Waals surface area contributed by atoms with Crippen molar-refractivity contribution in [1.82, 2.24) is 5.32 Å². The number of anilines is 1. The Balaban J connectivity index is 1.44. The van der Waals surface area contributed by atoms with Crippen LogP contribution in [0, 0.1) is 0 Å². The summed E-state index contributed by atoms with van der Waals surface area (Å²) < 4.78 is 21.3. The van der Waals surface area contributed by atoms with Crippen LogP contribution in [0.3, 0.4) is 0 Å². The number of nitrogens with one attached hydrogen (secondary N) is 2. The number of carbonyl (C=O) groups is 1. The summed E-state index contributed by atoms with van der Waals surface area (Å²) in [5, 5.41) is 5.88. The van der Waals surface area contributed by atoms with Crippen molar-refractivity contribution in [2.75, 3.05) is 32.4 Å². The van der Waals surface area contributed by atoms with Crippen LogP contribution in [0.2, 0.25) is 5.02 Å². The number of halogens is 1. The molecule has 0 spiro atoms. The first-order chi connectivity index (χ1) is 12.2. The average molecular weight is 365 g/mol. The zero-order chi connectivity index (χ0) is 17.6. The second-order valence-corrected chi connectivity index (χ2v) is 5.53. The normalized spacial score (nSPS) is 11.8. The Bertz CT molecular complexity index is 769. The fourth-order valence-electron chi connectivity index (χ4n) is 2.24. The van der Waals surface area contributed by atoms with Gasteiger partial charge in [0.25, 0.3) is 0 Å². The molecule has 132 valence electrons. The van der Waals surface area contributed by atoms with Gasteiger partial charge in [-0.1, -0.05) is 11.6 Å². The number of ether oxygens (including phenoxy) is 4. The molecule has 0 atom stereocenters. The minimum atomic E-state index is -0.380. The summed E-state index contributed by atoms with van der Waals surface area (Å²) in [5.74, 6) is 2.51. The van der Waals surface area contributed by atoms with E-state index in [0.717, 1.165) is 0 Å². The molecule has 3 rings (SSSR count). The third kappa shape index (κ3) is 4.39. The van der Waals surface area contributed by atoms with Gasteiger partial charge in [0.1, 0.15) is 18.1 Å². The van der Waals surface area contributed by atoms with Gasteiger partial charge in [-0.15, -0.1) is 0 Å². The van der Waals surface area contributed by atoms with Crippen LogP contribution in [0.1, 0.15) is 0 Å². The standard InChI is InChI=1S/C17H17ClN2O5/c1-22-14-4-2-11(18)8-13(14)20-17(21)19-6-7-23-12-3-5-15-16(9-12)25-10-24-15/h2-5,8-9H,6-7,10H2,1H3,(H2,19,20,21). The smallest absolute Gasteiger partial charge is 0.319 e. The van der Waals surface area contributed by atoms with Crippen molar-refractivity contribution in [2.24, 2.45) is 0 Å². The zero-order valence-corrected chi connectivity index (χ0v) is 14.3. The van der Waals surface area contributed by atoms with Crippen LogP contribution in [0.4, 0.5) is 10.5 Å². The maximum Gasteiger partial charge on any atom is 0.319 e. The number of hydrogen-bond donors (Lipinski definition) is 2. The SMILES string of the molecule is COc1ccc(Cl)cc1NC(=O)NCCOc1ccc2c(c1)OCO2. The molecule has 0 saturated carbocycles. The topological polar surface area (TPSA) is 78.1 Å². The lowest BCUT2D eigenvalue weighted by atomic mass is 10.3. The van der Waals surface area contributed by atoms with Crippen molar-refractivity contribution in [3.63, 3.8) is 0 Å². The zero-order valence-electron chi connectivity index (χ0n) is 13.5. The Hall–Kier alpha value is -2.80. The Morgan fingerprint density at radius 2 is 2.04 bits per heavy atom. The monoisotopic (exact) mass is 364 g/mol. The lowest BCUT2D eigenvalue weighted by Gasteiger charge is -2.12. The molecule has 1 aliphatic heterocycles. The van der Waals surface area contributed by atoms with Gasteiger partial charge in [0.15, 0.2) is 11.5 Å². The second-order valence-electron chi connectivity index (χ2n) is 5.09. The van der Waals surface area contributed by atoms with Gasteiger partial charge in [-0.25, -0.2) is 4.79 Å². The van der Waals surface area contributed by atoms with E-state index in [0.29, 0.717) is 46.9 Å². The summed E-state index contributed by atoms with van der Waals surface area (Å²) in [4.78, 5) is 11.9. The number of hydrogen-bond acceptors (Lipinski definition) is 5. The molecule has 0 saturated heterocycles. The van der Waals surface area contributed by atoms with Crippen molar-refractivity contribution >= 4 is 23.3 Å². The van der Waals surface area contributed by atoms with E-state index in [-0.39, 0.29) is 12.8 Å². The molecule has 0 radical (unpaired) electrons. The molecule has 1 aliphatic rings. The minimum absolute atomic E-state index is 0.216. The van der Waals surface area contributed by atoms with Gasteiger partial charge in [-0.2, -0.15) is 0 Å². The molecular formula is C17H17ClN2O5. The van der Waals surface area contributed by atoms with Crippen molar-refractivity contribution in [3.05, 3.63) is 41.4 Å². The molecule has 1 heterocycles. The van der Waals surface area contributed by atoms with Crippen molar-refractivity contribution in [1.29, 1.82) is 0 Å². The Kier molecular flexibility index (Phi) is 5.35. The minimum Gasteiger partial charge on any atom is -0.495 e. The highest BCUT2D eigenvalue weighted by Gasteiger charge is 2.13. The highest BCUT2D eigenvalue weighted by atomic mass is 35.5. The van der Waals surface area contributed by atoms with E-state index in [1.165, 1.54) is 7.11 Å². The van der Waals surface area contributed by atoms with Crippen LogP contribution in [0.25, 0.3) is 0 Å². The number of amides is 2. The first-order valence-electron chi connectivity index (χ1n) is 7.56. The lowest BCUT2D eigenvalue weighted by molar-refractivity contribution is 0.173. The van der Waals surface area contributed by atoms with E-state index in [1.807, 2.05) is 0 Å². The second kappa shape index (κ2) is 7.85. The highest BCUT2D eigenvalue weighted by Crippen LogP contribution is 2.35. The van der Waals surface area contributed by atoms with Gasteiger partial charge in [0.05, 0.1) is 19.3 Å². The molecule has 2 aromatic rings. The van der Waals surface area contributed by atoms with Crippen molar-refractivity contribution < 1.29 is 23.7 Å². The molecule has 0 unspecified atom stereocenters. The molecule has 0 bridgehead atoms. The third-order valence-corrected chi connectivity index (χ3v) is 3.65. The van der Waals surface area contributed by atoms with E-state index >= 15 is 0 Å². The molecular weight excluding hydrogens is 348 g/mol. The maximum atomic E-state index is 11.9. The van der Waals surface area contributed by atoms with Crippen LogP contribution >= 0.6 is 11.6 Å². The van der Waals surface area contributed by atoms with Gasteiger partial charge < -0.3 is 29.6 Å². The van der Waals surface area contributed by atoms with Crippen LogP contribution in [0.15, 0.2) is 36.4 Å². The van der Waals surface area contributed by atoms with E-state index in [2.05, 4.69) is 10.6 Å². The molecule has 7 nitrogen and oxygen atoms in total. The molecule has 0 aliphatic carbocycles. The van der Waals surface area contributed by atoms with Crippen LogP contribution < -0.4 is 29.6 Å². The predicted molar refractivity (Wildman–Crippen MR) is 93.1 cm³/mol. The van der Waals surface area contributed by atoms with E-state index in [9.17, 15) is 4.79 Å². The molecule has 2 N–H and O–H groups in total. The molecule has 2 amide bonds. The first-order valence-corrected chi connectivity index (χ1v) is 7.94. The summed E-state index contributed by atoms with van der Waals surface area (Å²) in [6.45, 7) is 0.844. The summed E-state index contributed by atoms with van der Waals surface area (Å²) in [6, 6.07) is 9.91. The van der Waals surface area contributed by atoms with Gasteiger partial charge >= 0.3 is 6.03 Å². The summed E-state index contributed by atoms with van der Waals surface area (Å²) >= 11 is 5.93. The quantitative estimate of drug-likeness (QED) is 0.769. The van der Waals surface area contributed by atoms with Crippen LogP contribution in [-0.2, 0) is 0 Å². The van der Waals surface area contributed by atoms with Crippen molar-refractivity contribution in [3.8, 4) is 23.0 Å². The summed E-state index contributed by atoms with van der Waals surface area (Å²) in [7, 11) is 1.52. The number of urea groups is 1. The lowest BCUT2D eigenvalue weighted by Crippen LogP contribution is -2.32. The third-order valence-electron chi connectivity index (χ3n) is 3.41. The summed E-state index contributed by atoms with van der Waals surface area (Å²) in [6.07, 6.45) is 0.